The first-order valence-corrected chi connectivity index (χ1v) is 16.2. The van der Waals surface area contributed by atoms with Gasteiger partial charge in [-0.25, -0.2) is 14.6 Å². The standard InChI is InChI=1S/C33H42IN9O3/c1-9-24-16-36-32-31(35-15-23-11-13-25(45-8)14-12-23)37-26(18-43(24)32)29-27(20-44-7)39-41(6)33(29)46-21(3)17-42(10-2)19-28-30(34)22(4)38-40(28)5/h9,11-14,16,18,21H,1,10,15,17,19-20H2,2-8H3,(H,35,37)/t21-/m0/s1. The number of nitrogens with zero attached hydrogens (tertiary/aromatic N) is 8. The molecule has 0 aliphatic rings. The fourth-order valence-electron chi connectivity index (χ4n) is 5.48. The number of nitrogens with one attached hydrogen (secondary N) is 1. The van der Waals surface area contributed by atoms with Gasteiger partial charge in [0.1, 0.15) is 17.5 Å². The predicted molar refractivity (Wildman–Crippen MR) is 188 cm³/mol. The molecule has 5 rings (SSSR count). The minimum atomic E-state index is -0.148. The van der Waals surface area contributed by atoms with Crippen LogP contribution < -0.4 is 14.8 Å². The Balaban J connectivity index is 1.48. The Morgan fingerprint density at radius 3 is 2.52 bits per heavy atom. The summed E-state index contributed by atoms with van der Waals surface area (Å²) in [6.07, 6.45) is 5.37. The summed E-state index contributed by atoms with van der Waals surface area (Å²) in [6.45, 7) is 13.5. The number of rotatable bonds is 15. The fourth-order valence-corrected chi connectivity index (χ4v) is 6.11. The van der Waals surface area contributed by atoms with E-state index in [2.05, 4.69) is 63.3 Å². The third kappa shape index (κ3) is 7.05. The molecule has 0 aliphatic carbocycles. The van der Waals surface area contributed by atoms with Crippen molar-refractivity contribution in [1.29, 1.82) is 0 Å². The molecule has 12 nitrogen and oxygen atoms in total. The predicted octanol–water partition coefficient (Wildman–Crippen LogP) is 5.48. The number of hydrogen-bond acceptors (Lipinski definition) is 9. The second kappa shape index (κ2) is 14.6. The Hall–Kier alpha value is -3.95. The van der Waals surface area contributed by atoms with E-state index in [1.54, 1.807) is 31.2 Å². The first-order valence-electron chi connectivity index (χ1n) is 15.2. The van der Waals surface area contributed by atoms with Gasteiger partial charge in [0.05, 0.1) is 51.8 Å². The normalized spacial score (nSPS) is 12.2. The van der Waals surface area contributed by atoms with Crippen molar-refractivity contribution < 1.29 is 14.2 Å². The van der Waals surface area contributed by atoms with Crippen molar-refractivity contribution >= 4 is 40.1 Å². The van der Waals surface area contributed by atoms with Crippen LogP contribution >= 0.6 is 22.6 Å². The molecule has 0 amide bonds. The number of aromatic nitrogens is 7. The average Bonchev–Trinajstić information content (AvgIpc) is 3.68. The van der Waals surface area contributed by atoms with Crippen LogP contribution in [-0.2, 0) is 38.5 Å². The van der Waals surface area contributed by atoms with Crippen molar-refractivity contribution in [2.45, 2.75) is 46.6 Å². The maximum absolute atomic E-state index is 6.70. The summed E-state index contributed by atoms with van der Waals surface area (Å²) in [5.74, 6) is 2.06. The number of benzene rings is 1. The zero-order chi connectivity index (χ0) is 33.0. The topological polar surface area (TPSA) is 109 Å². The molecule has 4 aromatic heterocycles. The molecule has 4 heterocycles. The van der Waals surface area contributed by atoms with E-state index in [9.17, 15) is 0 Å². The maximum Gasteiger partial charge on any atom is 0.221 e. The minimum absolute atomic E-state index is 0.148. The zero-order valence-corrected chi connectivity index (χ0v) is 29.7. The fraction of sp³-hybridized carbons (Fsp3) is 0.394. The van der Waals surface area contributed by atoms with Crippen LogP contribution in [0.5, 0.6) is 11.6 Å². The quantitative estimate of drug-likeness (QED) is 0.140. The number of imidazole rings is 1. The van der Waals surface area contributed by atoms with Gasteiger partial charge in [-0.2, -0.15) is 10.2 Å². The van der Waals surface area contributed by atoms with Gasteiger partial charge < -0.3 is 19.5 Å². The van der Waals surface area contributed by atoms with E-state index in [0.29, 0.717) is 42.7 Å². The molecule has 0 saturated carbocycles. The SMILES string of the molecule is C=Cc1cnc2c(NCc3ccc(OC)cc3)nc(-c3c(COC)nn(C)c3O[C@@H](C)CN(CC)Cc3c(I)c(C)nn3C)cn12. The molecule has 0 fully saturated rings. The van der Waals surface area contributed by atoms with Gasteiger partial charge in [-0.1, -0.05) is 25.6 Å². The first kappa shape index (κ1) is 33.4. The molecule has 244 valence electrons. The van der Waals surface area contributed by atoms with Crippen molar-refractivity contribution in [3.8, 4) is 22.9 Å². The van der Waals surface area contributed by atoms with Crippen molar-refractivity contribution in [1.82, 2.24) is 38.8 Å². The molecule has 0 bridgehead atoms. The Kier molecular flexibility index (Phi) is 10.6. The van der Waals surface area contributed by atoms with Crippen molar-refractivity contribution in [2.24, 2.45) is 14.1 Å². The monoisotopic (exact) mass is 739 g/mol. The molecule has 0 spiro atoms. The van der Waals surface area contributed by atoms with E-state index in [4.69, 9.17) is 24.3 Å². The molecule has 0 saturated heterocycles. The van der Waals surface area contributed by atoms with Crippen molar-refractivity contribution in [3.63, 3.8) is 0 Å². The van der Waals surface area contributed by atoms with Gasteiger partial charge in [0, 0.05) is 47.0 Å². The smallest absolute Gasteiger partial charge is 0.221 e. The molecule has 46 heavy (non-hydrogen) atoms. The first-order chi connectivity index (χ1) is 22.2. The summed E-state index contributed by atoms with van der Waals surface area (Å²) >= 11 is 2.38. The van der Waals surface area contributed by atoms with E-state index in [0.717, 1.165) is 47.0 Å². The van der Waals surface area contributed by atoms with Gasteiger partial charge in [0.2, 0.25) is 5.88 Å². The Morgan fingerprint density at radius 1 is 1.13 bits per heavy atom. The molecule has 5 aromatic rings. The molecular formula is C33H42IN9O3. The highest BCUT2D eigenvalue weighted by Crippen LogP contribution is 2.35. The molecular weight excluding hydrogens is 697 g/mol. The number of fused-ring (bicyclic) bond motifs is 1. The second-order valence-electron chi connectivity index (χ2n) is 11.2. The lowest BCUT2D eigenvalue weighted by Gasteiger charge is -2.25. The van der Waals surface area contributed by atoms with Crippen LogP contribution in [0.2, 0.25) is 0 Å². The highest BCUT2D eigenvalue weighted by Gasteiger charge is 2.25. The van der Waals surface area contributed by atoms with Gasteiger partial charge in [-0.3, -0.25) is 14.0 Å². The molecule has 13 heteroatoms. The lowest BCUT2D eigenvalue weighted by atomic mass is 10.1. The lowest BCUT2D eigenvalue weighted by molar-refractivity contribution is 0.134. The number of hydrogen-bond donors (Lipinski definition) is 1. The molecule has 0 aliphatic heterocycles. The lowest BCUT2D eigenvalue weighted by Crippen LogP contribution is -2.34. The molecule has 1 aromatic carbocycles. The summed E-state index contributed by atoms with van der Waals surface area (Å²) in [5.41, 5.74) is 7.04. The average molecular weight is 740 g/mol. The van der Waals surface area contributed by atoms with Crippen LogP contribution in [0.15, 0.2) is 43.2 Å². The van der Waals surface area contributed by atoms with E-state index in [1.165, 1.54) is 9.26 Å². The van der Waals surface area contributed by atoms with E-state index < -0.39 is 0 Å². The van der Waals surface area contributed by atoms with Gasteiger partial charge in [-0.15, -0.1) is 0 Å². The van der Waals surface area contributed by atoms with Gasteiger partial charge >= 0.3 is 0 Å². The van der Waals surface area contributed by atoms with Crippen molar-refractivity contribution in [2.75, 3.05) is 32.6 Å². The van der Waals surface area contributed by atoms with Gasteiger partial charge in [0.15, 0.2) is 11.5 Å². The number of ether oxygens (including phenoxy) is 3. The second-order valence-corrected chi connectivity index (χ2v) is 12.2. The van der Waals surface area contributed by atoms with Crippen LogP contribution in [-0.4, -0.2) is 72.2 Å². The summed E-state index contributed by atoms with van der Waals surface area (Å²) in [7, 11) is 7.20. The Labute approximate surface area is 283 Å². The van der Waals surface area contributed by atoms with E-state index in [-0.39, 0.29) is 6.10 Å². The number of aryl methyl sites for hydroxylation is 3. The number of halogens is 1. The summed E-state index contributed by atoms with van der Waals surface area (Å²) in [4.78, 5) is 12.1. The molecule has 1 atom stereocenters. The molecule has 0 radical (unpaired) electrons. The number of methoxy groups -OCH3 is 2. The number of likely N-dealkylation sites (N-methyl/N-ethyl adjacent to an activating group) is 1. The van der Waals surface area contributed by atoms with Crippen molar-refractivity contribution in [3.05, 3.63) is 75.1 Å². The Morgan fingerprint density at radius 2 is 1.89 bits per heavy atom. The molecule has 0 unspecified atom stereocenters. The summed E-state index contributed by atoms with van der Waals surface area (Å²) in [5, 5.41) is 12.9. The van der Waals surface area contributed by atoms with Gasteiger partial charge in [-0.05, 0) is 66.8 Å². The van der Waals surface area contributed by atoms with Crippen LogP contribution in [0.4, 0.5) is 5.82 Å². The molecule has 1 N–H and O–H groups in total. The van der Waals surface area contributed by atoms with E-state index in [1.807, 2.05) is 60.6 Å². The minimum Gasteiger partial charge on any atom is -0.497 e. The van der Waals surface area contributed by atoms with E-state index >= 15 is 0 Å². The summed E-state index contributed by atoms with van der Waals surface area (Å²) in [6, 6.07) is 7.93. The maximum atomic E-state index is 6.70. The zero-order valence-electron chi connectivity index (χ0n) is 27.5. The third-order valence-electron chi connectivity index (χ3n) is 7.86. The van der Waals surface area contributed by atoms with Crippen LogP contribution in [0.1, 0.15) is 42.2 Å². The van der Waals surface area contributed by atoms with Crippen LogP contribution in [0.3, 0.4) is 0 Å². The van der Waals surface area contributed by atoms with Gasteiger partial charge in [0.25, 0.3) is 0 Å². The Bertz CT molecular complexity index is 1810. The highest BCUT2D eigenvalue weighted by molar-refractivity contribution is 14.1. The highest BCUT2D eigenvalue weighted by atomic mass is 127. The summed E-state index contributed by atoms with van der Waals surface area (Å²) < 4.78 is 24.5. The third-order valence-corrected chi connectivity index (χ3v) is 9.27. The largest absolute Gasteiger partial charge is 0.497 e. The van der Waals surface area contributed by atoms with Crippen LogP contribution in [0, 0.1) is 10.5 Å². The number of anilines is 1. The van der Waals surface area contributed by atoms with Crippen LogP contribution in [0.25, 0.3) is 23.0 Å².